The molecule has 0 saturated heterocycles. The molecule has 0 saturated carbocycles. The van der Waals surface area contributed by atoms with Gasteiger partial charge < -0.3 is 4.74 Å². The van der Waals surface area contributed by atoms with Gasteiger partial charge in [0.1, 0.15) is 10.8 Å². The minimum absolute atomic E-state index is 0.393. The fourth-order valence-corrected chi connectivity index (χ4v) is 5.09. The molecule has 3 aromatic heterocycles. The zero-order valence-electron chi connectivity index (χ0n) is 18.8. The molecule has 168 valence electrons. The van der Waals surface area contributed by atoms with Gasteiger partial charge in [-0.25, -0.2) is 4.98 Å². The Kier molecular flexibility index (Phi) is 5.27. The van der Waals surface area contributed by atoms with Crippen LogP contribution in [0.15, 0.2) is 72.9 Å². The average Bonchev–Trinajstić information content (AvgIpc) is 3.27. The number of fused-ring (bicyclic) bond motifs is 2. The van der Waals surface area contributed by atoms with Gasteiger partial charge in [-0.3, -0.25) is 4.98 Å². The maximum Gasteiger partial charge on any atom is 0.227 e. The summed E-state index contributed by atoms with van der Waals surface area (Å²) in [6, 6.07) is 20.3. The molecular formula is C28H23ClN4O. The summed E-state index contributed by atoms with van der Waals surface area (Å²) in [5.74, 6) is 0.568. The number of halogens is 1. The number of pyridine rings is 1. The second-order valence-electron chi connectivity index (χ2n) is 8.50. The number of hydrogen-bond acceptors (Lipinski definition) is 4. The van der Waals surface area contributed by atoms with Gasteiger partial charge in [-0.05, 0) is 55.0 Å². The van der Waals surface area contributed by atoms with E-state index in [1.54, 1.807) is 13.3 Å². The standard InChI is InChI=1S/C28H23ClN4O/c1-34-28-24(21-14-15-22-20(17-21)13-8-16-30-22)26(29)31-27-23(18-9-4-2-5-10-18)25(32-33(27)28)19-11-6-3-7-12-19/h3,6-9,11-17H,2,4-5,10H2,1H3. The van der Waals surface area contributed by atoms with Crippen molar-refractivity contribution in [3.63, 3.8) is 0 Å². The molecule has 0 fully saturated rings. The summed E-state index contributed by atoms with van der Waals surface area (Å²) in [4.78, 5) is 9.32. The largest absolute Gasteiger partial charge is 0.480 e. The van der Waals surface area contributed by atoms with E-state index in [9.17, 15) is 0 Å². The number of ether oxygens (including phenoxy) is 1. The normalized spacial score (nSPS) is 13.9. The Hall–Kier alpha value is -3.70. The molecule has 0 radical (unpaired) electrons. The number of hydrogen-bond donors (Lipinski definition) is 0. The first kappa shape index (κ1) is 20.9. The Morgan fingerprint density at radius 3 is 2.62 bits per heavy atom. The first-order chi connectivity index (χ1) is 16.7. The smallest absolute Gasteiger partial charge is 0.227 e. The molecule has 0 spiro atoms. The van der Waals surface area contributed by atoms with Crippen LogP contribution in [0.5, 0.6) is 5.88 Å². The van der Waals surface area contributed by atoms with E-state index in [0.29, 0.717) is 16.6 Å². The third kappa shape index (κ3) is 3.44. The predicted molar refractivity (Wildman–Crippen MR) is 137 cm³/mol. The van der Waals surface area contributed by atoms with Crippen molar-refractivity contribution in [3.05, 3.63) is 83.7 Å². The zero-order valence-corrected chi connectivity index (χ0v) is 19.6. The van der Waals surface area contributed by atoms with E-state index in [4.69, 9.17) is 26.4 Å². The quantitative estimate of drug-likeness (QED) is 0.262. The molecule has 0 aliphatic heterocycles. The van der Waals surface area contributed by atoms with Gasteiger partial charge in [0.15, 0.2) is 5.65 Å². The highest BCUT2D eigenvalue weighted by atomic mass is 35.5. The van der Waals surface area contributed by atoms with Gasteiger partial charge in [-0.1, -0.05) is 60.1 Å². The lowest BCUT2D eigenvalue weighted by atomic mass is 9.92. The van der Waals surface area contributed by atoms with Crippen LogP contribution in [-0.2, 0) is 0 Å². The number of methoxy groups -OCH3 is 1. The van der Waals surface area contributed by atoms with Gasteiger partial charge >= 0.3 is 0 Å². The summed E-state index contributed by atoms with van der Waals surface area (Å²) >= 11 is 6.87. The first-order valence-electron chi connectivity index (χ1n) is 11.5. The molecule has 0 atom stereocenters. The van der Waals surface area contributed by atoms with E-state index in [-0.39, 0.29) is 0 Å². The van der Waals surface area contributed by atoms with E-state index in [2.05, 4.69) is 29.3 Å². The number of aromatic nitrogens is 4. The summed E-state index contributed by atoms with van der Waals surface area (Å²) in [5.41, 5.74) is 7.53. The van der Waals surface area contributed by atoms with Crippen LogP contribution in [0.3, 0.4) is 0 Å². The Bertz CT molecular complexity index is 1560. The van der Waals surface area contributed by atoms with Crippen LogP contribution in [0.4, 0.5) is 0 Å². The maximum atomic E-state index is 6.87. The van der Waals surface area contributed by atoms with Crippen molar-refractivity contribution in [1.82, 2.24) is 19.6 Å². The van der Waals surface area contributed by atoms with Gasteiger partial charge in [0.05, 0.1) is 23.8 Å². The van der Waals surface area contributed by atoms with E-state index in [1.165, 1.54) is 12.0 Å². The lowest BCUT2D eigenvalue weighted by molar-refractivity contribution is 0.387. The average molecular weight is 467 g/mol. The number of allylic oxidation sites excluding steroid dienone is 2. The van der Waals surface area contributed by atoms with E-state index in [1.807, 2.05) is 47.0 Å². The van der Waals surface area contributed by atoms with Crippen molar-refractivity contribution >= 4 is 33.7 Å². The molecule has 5 aromatic rings. The SMILES string of the molecule is COc1c(-c2ccc3ncccc3c2)c(Cl)nc2c(C3=CCCCC3)c(-c3ccccc3)nn12. The van der Waals surface area contributed by atoms with Gasteiger partial charge in [0.25, 0.3) is 0 Å². The van der Waals surface area contributed by atoms with Crippen LogP contribution < -0.4 is 4.74 Å². The lowest BCUT2D eigenvalue weighted by Crippen LogP contribution is -2.02. The number of benzene rings is 2. The summed E-state index contributed by atoms with van der Waals surface area (Å²) < 4.78 is 7.75. The molecule has 3 heterocycles. The van der Waals surface area contributed by atoms with Gasteiger partial charge in [0.2, 0.25) is 5.88 Å². The van der Waals surface area contributed by atoms with Crippen LogP contribution in [0, 0.1) is 0 Å². The lowest BCUT2D eigenvalue weighted by Gasteiger charge is -2.15. The van der Waals surface area contributed by atoms with Gasteiger partial charge in [-0.2, -0.15) is 9.61 Å². The van der Waals surface area contributed by atoms with Crippen molar-refractivity contribution in [2.75, 3.05) is 7.11 Å². The van der Waals surface area contributed by atoms with Crippen LogP contribution in [-0.4, -0.2) is 26.7 Å². The van der Waals surface area contributed by atoms with Gasteiger partial charge in [0, 0.05) is 17.1 Å². The van der Waals surface area contributed by atoms with Crippen LogP contribution in [0.2, 0.25) is 5.15 Å². The summed E-state index contributed by atoms with van der Waals surface area (Å²) in [6.45, 7) is 0. The highest BCUT2D eigenvalue weighted by Crippen LogP contribution is 2.42. The molecule has 1 aliphatic carbocycles. The first-order valence-corrected chi connectivity index (χ1v) is 11.9. The molecule has 6 heteroatoms. The van der Waals surface area contributed by atoms with Gasteiger partial charge in [-0.15, -0.1) is 0 Å². The van der Waals surface area contributed by atoms with Crippen LogP contribution >= 0.6 is 11.6 Å². The van der Waals surface area contributed by atoms with Crippen molar-refractivity contribution in [3.8, 4) is 28.3 Å². The fraction of sp³-hybridized carbons (Fsp3) is 0.179. The molecular weight excluding hydrogens is 444 g/mol. The third-order valence-electron chi connectivity index (χ3n) is 6.42. The van der Waals surface area contributed by atoms with E-state index < -0.39 is 0 Å². The van der Waals surface area contributed by atoms with Crippen molar-refractivity contribution in [2.24, 2.45) is 0 Å². The molecule has 5 nitrogen and oxygen atoms in total. The molecule has 0 N–H and O–H groups in total. The molecule has 34 heavy (non-hydrogen) atoms. The van der Waals surface area contributed by atoms with E-state index in [0.717, 1.165) is 58.2 Å². The highest BCUT2D eigenvalue weighted by Gasteiger charge is 2.26. The number of rotatable bonds is 4. The molecule has 2 aromatic carbocycles. The minimum Gasteiger partial charge on any atom is -0.480 e. The topological polar surface area (TPSA) is 52.3 Å². The molecule has 0 unspecified atom stereocenters. The third-order valence-corrected chi connectivity index (χ3v) is 6.70. The summed E-state index contributed by atoms with van der Waals surface area (Å²) in [5, 5.41) is 6.45. The Morgan fingerprint density at radius 1 is 0.941 bits per heavy atom. The zero-order chi connectivity index (χ0) is 23.1. The second kappa shape index (κ2) is 8.58. The molecule has 0 bridgehead atoms. The van der Waals surface area contributed by atoms with Crippen molar-refractivity contribution in [1.29, 1.82) is 0 Å². The van der Waals surface area contributed by atoms with Crippen LogP contribution in [0.25, 0.3) is 44.5 Å². The van der Waals surface area contributed by atoms with Crippen molar-refractivity contribution in [2.45, 2.75) is 25.7 Å². The Morgan fingerprint density at radius 2 is 1.82 bits per heavy atom. The number of nitrogens with zero attached hydrogens (tertiary/aromatic N) is 4. The maximum absolute atomic E-state index is 6.87. The second-order valence-corrected chi connectivity index (χ2v) is 8.86. The monoisotopic (exact) mass is 466 g/mol. The van der Waals surface area contributed by atoms with Crippen molar-refractivity contribution < 1.29 is 4.74 Å². The Labute approximate surface area is 202 Å². The minimum atomic E-state index is 0.393. The highest BCUT2D eigenvalue weighted by molar-refractivity contribution is 6.32. The summed E-state index contributed by atoms with van der Waals surface area (Å²) in [7, 11) is 1.65. The van der Waals surface area contributed by atoms with E-state index >= 15 is 0 Å². The summed E-state index contributed by atoms with van der Waals surface area (Å²) in [6.07, 6.45) is 8.54. The molecule has 1 aliphatic rings. The fourth-order valence-electron chi connectivity index (χ4n) is 4.82. The van der Waals surface area contributed by atoms with Crippen LogP contribution in [0.1, 0.15) is 31.2 Å². The predicted octanol–water partition coefficient (Wildman–Crippen LogP) is 7.23. The molecule has 6 rings (SSSR count). The Balaban J connectivity index is 1.65. The molecule has 0 amide bonds.